The Kier molecular flexibility index (Phi) is 9.15. The maximum atomic E-state index is 11.2. The third-order valence-corrected chi connectivity index (χ3v) is 6.96. The van der Waals surface area contributed by atoms with Crippen LogP contribution in [0.15, 0.2) is 46.8 Å². The minimum absolute atomic E-state index is 0. The summed E-state index contributed by atoms with van der Waals surface area (Å²) >= 11 is 1.79. The number of nitrogens with one attached hydrogen (secondary N) is 2. The van der Waals surface area contributed by atoms with Crippen molar-refractivity contribution in [2.75, 3.05) is 45.9 Å². The third-order valence-electron chi connectivity index (χ3n) is 5.99. The van der Waals surface area contributed by atoms with E-state index >= 15 is 0 Å². The van der Waals surface area contributed by atoms with Crippen molar-refractivity contribution in [1.29, 1.82) is 0 Å². The van der Waals surface area contributed by atoms with Crippen molar-refractivity contribution in [3.8, 4) is 0 Å². The molecule has 1 aliphatic heterocycles. The summed E-state index contributed by atoms with van der Waals surface area (Å²) < 4.78 is 5.54. The molecule has 2 unspecified atom stereocenters. The predicted octanol–water partition coefficient (Wildman–Crippen LogP) is 3.13. The number of guanidine groups is 1. The van der Waals surface area contributed by atoms with Crippen molar-refractivity contribution in [3.05, 3.63) is 57.8 Å². The largest absolute Gasteiger partial charge is 0.383 e. The van der Waals surface area contributed by atoms with E-state index in [-0.39, 0.29) is 30.0 Å². The average molecular weight is 557 g/mol. The van der Waals surface area contributed by atoms with E-state index in [1.807, 2.05) is 18.2 Å². The zero-order valence-electron chi connectivity index (χ0n) is 18.0. The lowest BCUT2D eigenvalue weighted by Crippen LogP contribution is -2.46. The molecule has 0 radical (unpaired) electrons. The maximum absolute atomic E-state index is 11.2. The predicted molar refractivity (Wildman–Crippen MR) is 138 cm³/mol. The molecule has 3 N–H and O–H groups in total. The van der Waals surface area contributed by atoms with Gasteiger partial charge in [-0.1, -0.05) is 30.3 Å². The van der Waals surface area contributed by atoms with Crippen LogP contribution in [0.4, 0.5) is 0 Å². The van der Waals surface area contributed by atoms with E-state index in [9.17, 15) is 5.11 Å². The molecule has 0 amide bonds. The fourth-order valence-corrected chi connectivity index (χ4v) is 5.22. The second-order valence-electron chi connectivity index (χ2n) is 7.94. The van der Waals surface area contributed by atoms with Crippen molar-refractivity contribution in [2.24, 2.45) is 4.99 Å². The molecule has 1 saturated heterocycles. The van der Waals surface area contributed by atoms with Crippen LogP contribution in [0.5, 0.6) is 0 Å². The van der Waals surface area contributed by atoms with E-state index in [2.05, 4.69) is 46.0 Å². The number of hydrogen-bond acceptors (Lipinski definition) is 5. The van der Waals surface area contributed by atoms with Gasteiger partial charge in [-0.3, -0.25) is 4.90 Å². The Balaban J connectivity index is 0.00000272. The minimum Gasteiger partial charge on any atom is -0.383 e. The van der Waals surface area contributed by atoms with Gasteiger partial charge in [0, 0.05) is 31.1 Å². The molecular weight excluding hydrogens is 523 g/mol. The van der Waals surface area contributed by atoms with Crippen LogP contribution in [0.2, 0.25) is 0 Å². The molecule has 1 aliphatic carbocycles. The van der Waals surface area contributed by atoms with Crippen molar-refractivity contribution in [2.45, 2.75) is 31.4 Å². The molecule has 6 nitrogen and oxygen atoms in total. The molecule has 1 aromatic carbocycles. The standard InChI is InChI=1S/C23H32N4O2S.HI/c1-2-24-22(26-17-23(28)10-9-18-6-3-4-7-19(18)23)25-16-20(21-8-5-15-30-21)27-11-13-29-14-12-27;/h3-8,15,20,28H,2,9-14,16-17H2,1H3,(H2,24,25,26);1H. The Morgan fingerprint density at radius 3 is 2.77 bits per heavy atom. The summed E-state index contributed by atoms with van der Waals surface area (Å²) in [5, 5.41) is 20.2. The first-order chi connectivity index (χ1) is 14.7. The monoisotopic (exact) mass is 556 g/mol. The molecule has 0 spiro atoms. The normalized spacial score (nSPS) is 22.5. The highest BCUT2D eigenvalue weighted by Gasteiger charge is 2.36. The number of hydrogen-bond donors (Lipinski definition) is 3. The number of ether oxygens (including phenoxy) is 1. The lowest BCUT2D eigenvalue weighted by atomic mass is 9.96. The van der Waals surface area contributed by atoms with Crippen LogP contribution in [0.3, 0.4) is 0 Å². The molecule has 2 heterocycles. The molecule has 2 aromatic rings. The Morgan fingerprint density at radius 1 is 1.23 bits per heavy atom. The number of fused-ring (bicyclic) bond motifs is 1. The molecule has 4 rings (SSSR count). The fourth-order valence-electron chi connectivity index (χ4n) is 4.36. The summed E-state index contributed by atoms with van der Waals surface area (Å²) in [5.74, 6) is 0.755. The van der Waals surface area contributed by atoms with Gasteiger partial charge in [0.1, 0.15) is 5.60 Å². The summed E-state index contributed by atoms with van der Waals surface area (Å²) in [6, 6.07) is 12.8. The van der Waals surface area contributed by atoms with E-state index in [0.717, 1.165) is 63.8 Å². The topological polar surface area (TPSA) is 69.1 Å². The van der Waals surface area contributed by atoms with E-state index in [1.54, 1.807) is 11.3 Å². The zero-order chi connectivity index (χ0) is 20.8. The van der Waals surface area contributed by atoms with Crippen molar-refractivity contribution in [1.82, 2.24) is 15.5 Å². The van der Waals surface area contributed by atoms with Crippen LogP contribution in [0, 0.1) is 0 Å². The number of nitrogens with zero attached hydrogens (tertiary/aromatic N) is 2. The van der Waals surface area contributed by atoms with E-state index in [0.29, 0.717) is 6.54 Å². The number of aryl methyl sites for hydroxylation is 1. The fraction of sp³-hybridized carbons (Fsp3) is 0.522. The summed E-state index contributed by atoms with van der Waals surface area (Å²) in [7, 11) is 0. The Morgan fingerprint density at radius 2 is 2.03 bits per heavy atom. The molecule has 2 aliphatic rings. The lowest BCUT2D eigenvalue weighted by Gasteiger charge is -2.34. The van der Waals surface area contributed by atoms with Crippen LogP contribution in [-0.4, -0.2) is 61.9 Å². The van der Waals surface area contributed by atoms with Gasteiger partial charge in [0.15, 0.2) is 5.96 Å². The van der Waals surface area contributed by atoms with Gasteiger partial charge in [-0.05, 0) is 42.3 Å². The van der Waals surface area contributed by atoms with Gasteiger partial charge in [0.05, 0.1) is 25.8 Å². The zero-order valence-corrected chi connectivity index (χ0v) is 21.2. The van der Waals surface area contributed by atoms with E-state index in [1.165, 1.54) is 10.4 Å². The third kappa shape index (κ3) is 5.98. The first-order valence-corrected chi connectivity index (χ1v) is 11.8. The summed E-state index contributed by atoms with van der Waals surface area (Å²) in [6.45, 7) is 7.41. The van der Waals surface area contributed by atoms with Gasteiger partial charge in [0.2, 0.25) is 0 Å². The number of rotatable bonds is 7. The van der Waals surface area contributed by atoms with Crippen LogP contribution in [0.1, 0.15) is 35.4 Å². The number of aliphatic imine (C=N–C) groups is 1. The second-order valence-corrected chi connectivity index (χ2v) is 8.92. The Bertz CT molecular complexity index is 842. The summed E-state index contributed by atoms with van der Waals surface area (Å²) in [4.78, 5) is 8.60. The van der Waals surface area contributed by atoms with E-state index < -0.39 is 5.60 Å². The van der Waals surface area contributed by atoms with Gasteiger partial charge in [-0.15, -0.1) is 35.3 Å². The minimum atomic E-state index is -0.879. The molecule has 170 valence electrons. The molecule has 0 saturated carbocycles. The highest BCUT2D eigenvalue weighted by molar-refractivity contribution is 14.0. The highest BCUT2D eigenvalue weighted by Crippen LogP contribution is 2.36. The van der Waals surface area contributed by atoms with Crippen molar-refractivity contribution >= 4 is 41.3 Å². The number of halogens is 1. The smallest absolute Gasteiger partial charge is 0.191 e. The first kappa shape index (κ1) is 24.4. The number of morpholine rings is 1. The van der Waals surface area contributed by atoms with Gasteiger partial charge in [0.25, 0.3) is 0 Å². The first-order valence-electron chi connectivity index (χ1n) is 10.9. The number of benzene rings is 1. The molecule has 2 atom stereocenters. The SMILES string of the molecule is CCNC(=NCC1(O)CCc2ccccc21)NCC(c1cccs1)N1CCOCC1.I. The van der Waals surface area contributed by atoms with Gasteiger partial charge in [-0.2, -0.15) is 0 Å². The van der Waals surface area contributed by atoms with Gasteiger partial charge < -0.3 is 20.5 Å². The summed E-state index contributed by atoms with van der Waals surface area (Å²) in [6.07, 6.45) is 1.63. The number of aliphatic hydroxyl groups is 1. The Labute approximate surface area is 206 Å². The van der Waals surface area contributed by atoms with Crippen LogP contribution >= 0.6 is 35.3 Å². The molecule has 1 aromatic heterocycles. The van der Waals surface area contributed by atoms with Crippen LogP contribution in [-0.2, 0) is 16.8 Å². The molecule has 31 heavy (non-hydrogen) atoms. The van der Waals surface area contributed by atoms with Crippen molar-refractivity contribution in [3.63, 3.8) is 0 Å². The average Bonchev–Trinajstić information content (AvgIpc) is 3.42. The highest BCUT2D eigenvalue weighted by atomic mass is 127. The molecular formula is C23H33IN4O2S. The molecule has 8 heteroatoms. The van der Waals surface area contributed by atoms with Gasteiger partial charge >= 0.3 is 0 Å². The van der Waals surface area contributed by atoms with Crippen molar-refractivity contribution < 1.29 is 9.84 Å². The Hall–Kier alpha value is -1.20. The van der Waals surface area contributed by atoms with Gasteiger partial charge in [-0.25, -0.2) is 4.99 Å². The van der Waals surface area contributed by atoms with Crippen LogP contribution < -0.4 is 10.6 Å². The molecule has 0 bridgehead atoms. The second kappa shape index (κ2) is 11.6. The maximum Gasteiger partial charge on any atom is 0.191 e. The lowest BCUT2D eigenvalue weighted by molar-refractivity contribution is 0.0176. The van der Waals surface area contributed by atoms with Crippen LogP contribution in [0.25, 0.3) is 0 Å². The van der Waals surface area contributed by atoms with E-state index in [4.69, 9.17) is 9.73 Å². The number of thiophene rings is 1. The summed E-state index contributed by atoms with van der Waals surface area (Å²) in [5.41, 5.74) is 1.38. The molecule has 1 fully saturated rings. The quantitative estimate of drug-likeness (QED) is 0.278.